The minimum Gasteiger partial charge on any atom is -0.325 e. The summed E-state index contributed by atoms with van der Waals surface area (Å²) in [5.41, 5.74) is 1.64. The molecular weight excluding hydrogens is 317 g/mol. The minimum atomic E-state index is -0.892. The molecule has 0 aliphatic heterocycles. The first kappa shape index (κ1) is 17.1. The van der Waals surface area contributed by atoms with Crippen molar-refractivity contribution < 1.29 is 14.0 Å². The zero-order valence-electron chi connectivity index (χ0n) is 13.9. The highest BCUT2D eigenvalue weighted by atomic mass is 19.1. The van der Waals surface area contributed by atoms with Crippen molar-refractivity contribution >= 4 is 23.5 Å². The third-order valence-corrected chi connectivity index (χ3v) is 4.68. The smallest absolute Gasteiger partial charge is 0.238 e. The molecule has 1 saturated carbocycles. The number of aryl methyl sites for hydroxylation is 1. The highest BCUT2D eigenvalue weighted by molar-refractivity contribution is 6.13. The third kappa shape index (κ3) is 3.85. The molecule has 1 N–H and O–H groups in total. The van der Waals surface area contributed by atoms with E-state index in [2.05, 4.69) is 11.9 Å². The Hall–Kier alpha value is -2.75. The number of benzene rings is 2. The SMILES string of the molecule is C=Cc1ccc(NC(=O)C2(C(=O)CCc3ccc(F)cc3)CC2)cc1. The average Bonchev–Trinajstić information content (AvgIpc) is 3.44. The minimum absolute atomic E-state index is 0.0444. The van der Waals surface area contributed by atoms with Gasteiger partial charge in [0.2, 0.25) is 5.91 Å². The molecule has 0 unspecified atom stereocenters. The van der Waals surface area contributed by atoms with Crippen LogP contribution in [0.25, 0.3) is 6.08 Å². The Morgan fingerprint density at radius 3 is 2.28 bits per heavy atom. The van der Waals surface area contributed by atoms with Crippen LogP contribution in [-0.2, 0) is 16.0 Å². The summed E-state index contributed by atoms with van der Waals surface area (Å²) in [6.45, 7) is 3.69. The molecule has 2 aromatic carbocycles. The Morgan fingerprint density at radius 1 is 1.08 bits per heavy atom. The first-order valence-electron chi connectivity index (χ1n) is 8.35. The van der Waals surface area contributed by atoms with Crippen molar-refractivity contribution in [1.29, 1.82) is 0 Å². The van der Waals surface area contributed by atoms with Crippen LogP contribution in [0.1, 0.15) is 30.4 Å². The number of halogens is 1. The third-order valence-electron chi connectivity index (χ3n) is 4.68. The predicted molar refractivity (Wildman–Crippen MR) is 96.6 cm³/mol. The maximum Gasteiger partial charge on any atom is 0.238 e. The number of anilines is 1. The summed E-state index contributed by atoms with van der Waals surface area (Å²) in [4.78, 5) is 25.1. The molecule has 1 fully saturated rings. The number of hydrogen-bond acceptors (Lipinski definition) is 2. The Bertz CT molecular complexity index is 790. The van der Waals surface area contributed by atoms with Crippen molar-refractivity contribution in [3.8, 4) is 0 Å². The summed E-state index contributed by atoms with van der Waals surface area (Å²) in [6.07, 6.45) is 3.71. The molecule has 1 aliphatic carbocycles. The normalized spacial score (nSPS) is 14.6. The molecule has 4 heteroatoms. The summed E-state index contributed by atoms with van der Waals surface area (Å²) in [7, 11) is 0. The molecule has 0 heterocycles. The van der Waals surface area contributed by atoms with E-state index in [1.165, 1.54) is 12.1 Å². The Morgan fingerprint density at radius 2 is 1.72 bits per heavy atom. The van der Waals surface area contributed by atoms with Crippen molar-refractivity contribution in [2.75, 3.05) is 5.32 Å². The van der Waals surface area contributed by atoms with E-state index in [0.29, 0.717) is 24.9 Å². The standard InChI is InChI=1S/C21H20FNO2/c1-2-15-5-10-18(11-6-15)23-20(25)21(13-14-21)19(24)12-7-16-3-8-17(22)9-4-16/h2-6,8-11H,1,7,12-14H2,(H,23,25). The van der Waals surface area contributed by atoms with Gasteiger partial charge in [-0.25, -0.2) is 4.39 Å². The monoisotopic (exact) mass is 337 g/mol. The lowest BCUT2D eigenvalue weighted by molar-refractivity contribution is -0.133. The number of Topliss-reactive ketones (excluding diaryl/α,β-unsaturated/α-hetero) is 1. The maximum absolute atomic E-state index is 12.9. The molecule has 3 rings (SSSR count). The number of nitrogens with one attached hydrogen (secondary N) is 1. The van der Waals surface area contributed by atoms with E-state index in [1.807, 2.05) is 12.1 Å². The van der Waals surface area contributed by atoms with Crippen LogP contribution in [0.4, 0.5) is 10.1 Å². The van der Waals surface area contributed by atoms with Gasteiger partial charge in [-0.1, -0.05) is 36.9 Å². The Balaban J connectivity index is 1.60. The molecule has 0 aromatic heterocycles. The number of hydrogen-bond donors (Lipinski definition) is 1. The second-order valence-corrected chi connectivity index (χ2v) is 6.41. The fourth-order valence-corrected chi connectivity index (χ4v) is 2.86. The van der Waals surface area contributed by atoms with E-state index in [0.717, 1.165) is 11.1 Å². The van der Waals surface area contributed by atoms with Crippen LogP contribution in [-0.4, -0.2) is 11.7 Å². The summed E-state index contributed by atoms with van der Waals surface area (Å²) >= 11 is 0. The van der Waals surface area contributed by atoms with Crippen LogP contribution in [0.5, 0.6) is 0 Å². The van der Waals surface area contributed by atoms with E-state index in [-0.39, 0.29) is 23.9 Å². The first-order valence-corrected chi connectivity index (χ1v) is 8.35. The maximum atomic E-state index is 12.9. The van der Waals surface area contributed by atoms with Crippen molar-refractivity contribution in [3.05, 3.63) is 72.1 Å². The Kier molecular flexibility index (Phi) is 4.79. The second kappa shape index (κ2) is 7.01. The van der Waals surface area contributed by atoms with Gasteiger partial charge in [-0.3, -0.25) is 9.59 Å². The highest BCUT2D eigenvalue weighted by Crippen LogP contribution is 2.48. The quantitative estimate of drug-likeness (QED) is 0.762. The molecule has 0 saturated heterocycles. The lowest BCUT2D eigenvalue weighted by Gasteiger charge is -2.14. The predicted octanol–water partition coefficient (Wildman–Crippen LogP) is 4.39. The van der Waals surface area contributed by atoms with Gasteiger partial charge < -0.3 is 5.32 Å². The largest absolute Gasteiger partial charge is 0.325 e. The topological polar surface area (TPSA) is 46.2 Å². The van der Waals surface area contributed by atoms with E-state index in [4.69, 9.17) is 0 Å². The second-order valence-electron chi connectivity index (χ2n) is 6.41. The summed E-state index contributed by atoms with van der Waals surface area (Å²) in [5, 5.41) is 2.84. The molecule has 0 atom stereocenters. The average molecular weight is 337 g/mol. The van der Waals surface area contributed by atoms with E-state index in [1.54, 1.807) is 30.3 Å². The molecular formula is C21H20FNO2. The van der Waals surface area contributed by atoms with E-state index in [9.17, 15) is 14.0 Å². The van der Waals surface area contributed by atoms with E-state index >= 15 is 0 Å². The number of carbonyl (C=O) groups is 2. The fourth-order valence-electron chi connectivity index (χ4n) is 2.86. The first-order chi connectivity index (χ1) is 12.0. The molecule has 25 heavy (non-hydrogen) atoms. The molecule has 0 spiro atoms. The van der Waals surface area contributed by atoms with Crippen molar-refractivity contribution in [1.82, 2.24) is 0 Å². The van der Waals surface area contributed by atoms with Crippen molar-refractivity contribution in [2.24, 2.45) is 5.41 Å². The highest BCUT2D eigenvalue weighted by Gasteiger charge is 2.55. The van der Waals surface area contributed by atoms with Gasteiger partial charge in [0.25, 0.3) is 0 Å². The zero-order valence-corrected chi connectivity index (χ0v) is 13.9. The molecule has 0 radical (unpaired) electrons. The van der Waals surface area contributed by atoms with Gasteiger partial charge in [0, 0.05) is 12.1 Å². The van der Waals surface area contributed by atoms with Gasteiger partial charge in [0.15, 0.2) is 0 Å². The molecule has 2 aromatic rings. The lowest BCUT2D eigenvalue weighted by Crippen LogP contribution is -2.31. The number of ketones is 1. The summed E-state index contributed by atoms with van der Waals surface area (Å²) < 4.78 is 12.9. The van der Waals surface area contributed by atoms with Gasteiger partial charge in [-0.05, 0) is 54.7 Å². The molecule has 128 valence electrons. The van der Waals surface area contributed by atoms with Crippen LogP contribution in [0.2, 0.25) is 0 Å². The Labute approximate surface area is 146 Å². The number of rotatable bonds is 7. The van der Waals surface area contributed by atoms with Crippen LogP contribution in [0, 0.1) is 11.2 Å². The van der Waals surface area contributed by atoms with Gasteiger partial charge in [-0.15, -0.1) is 0 Å². The summed E-state index contributed by atoms with van der Waals surface area (Å²) in [6, 6.07) is 13.4. The molecule has 1 aliphatic rings. The number of amides is 1. The van der Waals surface area contributed by atoms with Crippen molar-refractivity contribution in [2.45, 2.75) is 25.7 Å². The van der Waals surface area contributed by atoms with Crippen LogP contribution >= 0.6 is 0 Å². The zero-order chi connectivity index (χ0) is 17.9. The number of carbonyl (C=O) groups excluding carboxylic acids is 2. The van der Waals surface area contributed by atoms with Gasteiger partial charge in [-0.2, -0.15) is 0 Å². The molecule has 0 bridgehead atoms. The summed E-state index contributed by atoms with van der Waals surface area (Å²) in [5.74, 6) is -0.574. The van der Waals surface area contributed by atoms with Gasteiger partial charge >= 0.3 is 0 Å². The fraction of sp³-hybridized carbons (Fsp3) is 0.238. The van der Waals surface area contributed by atoms with E-state index < -0.39 is 5.41 Å². The van der Waals surface area contributed by atoms with Crippen molar-refractivity contribution in [3.63, 3.8) is 0 Å². The van der Waals surface area contributed by atoms with Crippen LogP contribution in [0.15, 0.2) is 55.1 Å². The van der Waals surface area contributed by atoms with Crippen LogP contribution < -0.4 is 5.32 Å². The van der Waals surface area contributed by atoms with Gasteiger partial charge in [0.1, 0.15) is 17.0 Å². The van der Waals surface area contributed by atoms with Gasteiger partial charge in [0.05, 0.1) is 0 Å². The lowest BCUT2D eigenvalue weighted by atomic mass is 9.94. The molecule has 3 nitrogen and oxygen atoms in total. The molecule has 1 amide bonds. The van der Waals surface area contributed by atoms with Crippen LogP contribution in [0.3, 0.4) is 0 Å².